The van der Waals surface area contributed by atoms with Crippen LogP contribution in [0.25, 0.3) is 0 Å². The molecule has 18 heavy (non-hydrogen) atoms. The second-order valence-corrected chi connectivity index (χ2v) is 4.07. The average Bonchev–Trinajstić information content (AvgIpc) is 2.64. The monoisotopic (exact) mass is 255 g/mol. The Labute approximate surface area is 104 Å². The predicted octanol–water partition coefficient (Wildman–Crippen LogP) is 0.0866. The number of carboxylic acids is 1. The van der Waals surface area contributed by atoms with Crippen molar-refractivity contribution in [3.63, 3.8) is 0 Å². The van der Waals surface area contributed by atoms with Gasteiger partial charge in [-0.1, -0.05) is 19.8 Å². The second kappa shape index (κ2) is 6.04. The van der Waals surface area contributed by atoms with Crippen molar-refractivity contribution in [2.24, 2.45) is 7.05 Å². The summed E-state index contributed by atoms with van der Waals surface area (Å²) in [6.07, 6.45) is 1.93. The molecule has 0 aliphatic rings. The summed E-state index contributed by atoms with van der Waals surface area (Å²) in [6, 6.07) is 0.204. The number of carboxylic acid groups (broad SMARTS) is 1. The minimum absolute atomic E-state index is 0.0604. The van der Waals surface area contributed by atoms with E-state index < -0.39 is 17.9 Å². The third kappa shape index (κ3) is 3.47. The highest BCUT2D eigenvalue weighted by atomic mass is 16.4. The van der Waals surface area contributed by atoms with Crippen LogP contribution in [0.4, 0.5) is 0 Å². The van der Waals surface area contributed by atoms with Crippen LogP contribution in [0.15, 0.2) is 10.9 Å². The highest BCUT2D eigenvalue weighted by Crippen LogP contribution is 2.02. The molecule has 0 radical (unpaired) electrons. The molecule has 0 bridgehead atoms. The van der Waals surface area contributed by atoms with Crippen molar-refractivity contribution < 1.29 is 14.7 Å². The van der Waals surface area contributed by atoms with Gasteiger partial charge in [-0.25, -0.2) is 4.79 Å². The maximum Gasteiger partial charge on any atom is 0.326 e. The zero-order valence-corrected chi connectivity index (χ0v) is 10.4. The molecule has 1 rings (SSSR count). The number of nitrogens with zero attached hydrogens (tertiary/aromatic N) is 1. The van der Waals surface area contributed by atoms with Crippen LogP contribution in [0.2, 0.25) is 0 Å². The van der Waals surface area contributed by atoms with Gasteiger partial charge >= 0.3 is 5.97 Å². The first-order valence-corrected chi connectivity index (χ1v) is 5.75. The molecule has 0 saturated heterocycles. The standard InChI is InChI=1S/C11H17N3O4/c1-3-4-5-7(11(17)18)12-10(16)8-6-9(15)14(2)13-8/h6-7,13H,3-5H2,1-2H3,(H,12,16)(H,17,18). The van der Waals surface area contributed by atoms with Crippen LogP contribution in [-0.2, 0) is 11.8 Å². The van der Waals surface area contributed by atoms with E-state index >= 15 is 0 Å². The number of carbonyl (C=O) groups is 2. The Kier molecular flexibility index (Phi) is 4.70. The Morgan fingerprint density at radius 3 is 2.67 bits per heavy atom. The molecule has 1 aromatic heterocycles. The molecule has 0 fully saturated rings. The van der Waals surface area contributed by atoms with Gasteiger partial charge in [0.15, 0.2) is 0 Å². The molecule has 0 saturated carbocycles. The normalized spacial score (nSPS) is 12.1. The molecule has 7 heteroatoms. The fourth-order valence-corrected chi connectivity index (χ4v) is 1.51. The molecule has 1 unspecified atom stereocenters. The fraction of sp³-hybridized carbons (Fsp3) is 0.545. The molecule has 1 heterocycles. The predicted molar refractivity (Wildman–Crippen MR) is 64.4 cm³/mol. The van der Waals surface area contributed by atoms with Crippen molar-refractivity contribution in [3.8, 4) is 0 Å². The van der Waals surface area contributed by atoms with Crippen LogP contribution < -0.4 is 10.9 Å². The Morgan fingerprint density at radius 1 is 1.56 bits per heavy atom. The molecule has 1 aromatic rings. The van der Waals surface area contributed by atoms with Gasteiger partial charge < -0.3 is 10.4 Å². The van der Waals surface area contributed by atoms with E-state index in [2.05, 4.69) is 10.4 Å². The van der Waals surface area contributed by atoms with Crippen molar-refractivity contribution in [1.29, 1.82) is 0 Å². The van der Waals surface area contributed by atoms with Crippen LogP contribution >= 0.6 is 0 Å². The quantitative estimate of drug-likeness (QED) is 0.669. The van der Waals surface area contributed by atoms with Gasteiger partial charge in [-0.05, 0) is 6.42 Å². The van der Waals surface area contributed by atoms with Crippen molar-refractivity contribution in [3.05, 3.63) is 22.1 Å². The zero-order valence-electron chi connectivity index (χ0n) is 10.4. The van der Waals surface area contributed by atoms with Crippen LogP contribution in [0.1, 0.15) is 36.7 Å². The molecule has 1 amide bonds. The number of aromatic nitrogens is 2. The maximum absolute atomic E-state index is 11.7. The SMILES string of the molecule is CCCCC(NC(=O)c1cc(=O)n(C)[nH]1)C(=O)O. The van der Waals surface area contributed by atoms with E-state index in [-0.39, 0.29) is 11.3 Å². The van der Waals surface area contributed by atoms with Crippen LogP contribution in [0.5, 0.6) is 0 Å². The minimum atomic E-state index is -1.07. The number of unbranched alkanes of at least 4 members (excludes halogenated alkanes) is 1. The average molecular weight is 255 g/mol. The summed E-state index contributed by atoms with van der Waals surface area (Å²) in [6.45, 7) is 1.94. The van der Waals surface area contributed by atoms with Gasteiger partial charge in [-0.2, -0.15) is 0 Å². The summed E-state index contributed by atoms with van der Waals surface area (Å²) in [5, 5.41) is 13.9. The lowest BCUT2D eigenvalue weighted by atomic mass is 10.1. The number of nitrogens with one attached hydrogen (secondary N) is 2. The maximum atomic E-state index is 11.7. The van der Waals surface area contributed by atoms with Gasteiger partial charge in [0.25, 0.3) is 11.5 Å². The van der Waals surface area contributed by atoms with Gasteiger partial charge in [-0.3, -0.25) is 19.4 Å². The first kappa shape index (κ1) is 14.0. The van der Waals surface area contributed by atoms with Crippen molar-refractivity contribution >= 4 is 11.9 Å². The lowest BCUT2D eigenvalue weighted by molar-refractivity contribution is -0.139. The van der Waals surface area contributed by atoms with Crippen LogP contribution in [0, 0.1) is 0 Å². The first-order valence-electron chi connectivity index (χ1n) is 5.75. The lowest BCUT2D eigenvalue weighted by Gasteiger charge is -2.13. The number of amides is 1. The molecule has 0 spiro atoms. The van der Waals surface area contributed by atoms with Gasteiger partial charge in [-0.15, -0.1) is 0 Å². The van der Waals surface area contributed by atoms with E-state index in [0.29, 0.717) is 12.8 Å². The summed E-state index contributed by atoms with van der Waals surface area (Å²) in [5.74, 6) is -1.66. The van der Waals surface area contributed by atoms with Crippen molar-refractivity contribution in [2.45, 2.75) is 32.2 Å². The molecule has 0 aliphatic carbocycles. The summed E-state index contributed by atoms with van der Waals surface area (Å²) in [5.41, 5.74) is -0.286. The molecular formula is C11H17N3O4. The molecule has 0 aliphatic heterocycles. The Balaban J connectivity index is 2.72. The van der Waals surface area contributed by atoms with E-state index in [4.69, 9.17) is 5.11 Å². The van der Waals surface area contributed by atoms with E-state index in [0.717, 1.165) is 17.2 Å². The fourth-order valence-electron chi connectivity index (χ4n) is 1.51. The van der Waals surface area contributed by atoms with Crippen LogP contribution in [0.3, 0.4) is 0 Å². The molecule has 7 nitrogen and oxygen atoms in total. The van der Waals surface area contributed by atoms with Crippen molar-refractivity contribution in [1.82, 2.24) is 15.1 Å². The number of aliphatic carboxylic acids is 1. The largest absolute Gasteiger partial charge is 0.480 e. The van der Waals surface area contributed by atoms with E-state index in [1.165, 1.54) is 7.05 Å². The van der Waals surface area contributed by atoms with Gasteiger partial charge in [0.1, 0.15) is 11.7 Å². The number of aromatic amines is 1. The number of carbonyl (C=O) groups excluding carboxylic acids is 1. The highest BCUT2D eigenvalue weighted by molar-refractivity contribution is 5.94. The second-order valence-electron chi connectivity index (χ2n) is 4.07. The molecule has 0 aromatic carbocycles. The Bertz CT molecular complexity index is 489. The van der Waals surface area contributed by atoms with Crippen molar-refractivity contribution in [2.75, 3.05) is 0 Å². The summed E-state index contributed by atoms with van der Waals surface area (Å²) >= 11 is 0. The molecule has 1 atom stereocenters. The first-order chi connectivity index (χ1) is 8.45. The van der Waals surface area contributed by atoms with E-state index in [1.54, 1.807) is 0 Å². The van der Waals surface area contributed by atoms with Gasteiger partial charge in [0, 0.05) is 13.1 Å². The van der Waals surface area contributed by atoms with E-state index in [1.807, 2.05) is 6.92 Å². The van der Waals surface area contributed by atoms with Gasteiger partial charge in [0.05, 0.1) is 0 Å². The topological polar surface area (TPSA) is 104 Å². The minimum Gasteiger partial charge on any atom is -0.480 e. The Morgan fingerprint density at radius 2 is 2.22 bits per heavy atom. The van der Waals surface area contributed by atoms with E-state index in [9.17, 15) is 14.4 Å². The highest BCUT2D eigenvalue weighted by Gasteiger charge is 2.21. The third-order valence-electron chi connectivity index (χ3n) is 2.58. The number of hydrogen-bond acceptors (Lipinski definition) is 3. The summed E-state index contributed by atoms with van der Waals surface area (Å²) in [7, 11) is 1.48. The Hall–Kier alpha value is -2.05. The number of hydrogen-bond donors (Lipinski definition) is 3. The van der Waals surface area contributed by atoms with Gasteiger partial charge in [0.2, 0.25) is 0 Å². The summed E-state index contributed by atoms with van der Waals surface area (Å²) in [4.78, 5) is 33.9. The smallest absolute Gasteiger partial charge is 0.326 e. The van der Waals surface area contributed by atoms with Crippen LogP contribution in [-0.4, -0.2) is 32.8 Å². The third-order valence-corrected chi connectivity index (χ3v) is 2.58. The number of aryl methyl sites for hydroxylation is 1. The number of rotatable bonds is 6. The molecule has 3 N–H and O–H groups in total. The molecular weight excluding hydrogens is 238 g/mol. The zero-order chi connectivity index (χ0) is 13.7. The molecule has 100 valence electrons. The number of H-pyrrole nitrogens is 1. The summed E-state index contributed by atoms with van der Waals surface area (Å²) < 4.78 is 1.15. The lowest BCUT2D eigenvalue weighted by Crippen LogP contribution is -2.40.